The normalized spacial score (nSPS) is 11.6. The Hall–Kier alpha value is -3.19. The largest absolute Gasteiger partial charge is 0.388 e. The van der Waals surface area contributed by atoms with Gasteiger partial charge in [0, 0.05) is 13.1 Å². The zero-order valence-electron chi connectivity index (χ0n) is 18.0. The van der Waals surface area contributed by atoms with Crippen molar-refractivity contribution in [2.45, 2.75) is 59.4 Å². The van der Waals surface area contributed by atoms with Crippen LogP contribution in [0.1, 0.15) is 44.5 Å². The minimum absolute atomic E-state index is 0.191. The molecular formula is C24H28N4O3. The van der Waals surface area contributed by atoms with E-state index in [1.165, 1.54) is 4.57 Å². The van der Waals surface area contributed by atoms with E-state index in [1.54, 1.807) is 9.13 Å². The molecule has 0 atom stereocenters. The summed E-state index contributed by atoms with van der Waals surface area (Å²) in [5.41, 5.74) is 0.938. The Bertz CT molecular complexity index is 1350. The molecule has 0 fully saturated rings. The van der Waals surface area contributed by atoms with Gasteiger partial charge >= 0.3 is 5.69 Å². The summed E-state index contributed by atoms with van der Waals surface area (Å²) < 4.78 is 4.65. The van der Waals surface area contributed by atoms with Crippen LogP contribution in [0.2, 0.25) is 0 Å². The van der Waals surface area contributed by atoms with Gasteiger partial charge in [0.2, 0.25) is 0 Å². The summed E-state index contributed by atoms with van der Waals surface area (Å²) in [7, 11) is 0. The molecule has 0 radical (unpaired) electrons. The molecule has 4 rings (SSSR count). The number of aromatic nitrogens is 4. The molecule has 0 amide bonds. The van der Waals surface area contributed by atoms with Crippen LogP contribution >= 0.6 is 0 Å². The van der Waals surface area contributed by atoms with Crippen LogP contribution in [0.3, 0.4) is 0 Å². The lowest BCUT2D eigenvalue weighted by molar-refractivity contribution is 0.265. The fourth-order valence-corrected chi connectivity index (χ4v) is 4.10. The van der Waals surface area contributed by atoms with Gasteiger partial charge in [-0.05, 0) is 35.2 Å². The summed E-state index contributed by atoms with van der Waals surface area (Å²) in [4.78, 5) is 31.3. The van der Waals surface area contributed by atoms with E-state index in [-0.39, 0.29) is 24.4 Å². The van der Waals surface area contributed by atoms with Gasteiger partial charge in [0.05, 0.1) is 6.54 Å². The first-order valence-corrected chi connectivity index (χ1v) is 10.9. The molecule has 7 heteroatoms. The van der Waals surface area contributed by atoms with Crippen molar-refractivity contribution in [1.82, 2.24) is 18.7 Å². The Morgan fingerprint density at radius 3 is 2.39 bits per heavy atom. The van der Waals surface area contributed by atoms with Crippen molar-refractivity contribution in [1.29, 1.82) is 0 Å². The number of nitrogens with zero attached hydrogens (tertiary/aromatic N) is 4. The minimum atomic E-state index is -0.360. The summed E-state index contributed by atoms with van der Waals surface area (Å²) in [6.07, 6.45) is 2.51. The van der Waals surface area contributed by atoms with E-state index >= 15 is 0 Å². The number of unbranched alkanes of at least 4 members (excludes halogenated alkanes) is 1. The van der Waals surface area contributed by atoms with E-state index in [0.29, 0.717) is 30.1 Å². The van der Waals surface area contributed by atoms with Crippen LogP contribution < -0.4 is 11.2 Å². The minimum Gasteiger partial charge on any atom is -0.388 e. The molecule has 0 aliphatic carbocycles. The van der Waals surface area contributed by atoms with Gasteiger partial charge in [-0.2, -0.15) is 0 Å². The summed E-state index contributed by atoms with van der Waals surface area (Å²) in [5, 5.41) is 12.0. The molecule has 31 heavy (non-hydrogen) atoms. The van der Waals surface area contributed by atoms with Crippen molar-refractivity contribution < 1.29 is 5.11 Å². The number of fused-ring (bicyclic) bond motifs is 2. The van der Waals surface area contributed by atoms with Crippen molar-refractivity contribution in [2.24, 2.45) is 0 Å². The molecule has 0 aliphatic rings. The SMILES string of the molecule is CCCCn1c(=O)n(Cc2ccc3ccccc3c2)c(=O)c2c1nc(CO)n2CCC. The fraction of sp³-hybridized carbons (Fsp3) is 0.375. The van der Waals surface area contributed by atoms with Crippen LogP contribution in [-0.2, 0) is 26.2 Å². The van der Waals surface area contributed by atoms with E-state index in [1.807, 2.05) is 49.4 Å². The first-order valence-electron chi connectivity index (χ1n) is 10.9. The molecule has 0 aliphatic heterocycles. The van der Waals surface area contributed by atoms with Crippen molar-refractivity contribution in [2.75, 3.05) is 0 Å². The number of aliphatic hydroxyl groups excluding tert-OH is 1. The highest BCUT2D eigenvalue weighted by molar-refractivity contribution is 5.83. The predicted molar refractivity (Wildman–Crippen MR) is 122 cm³/mol. The monoisotopic (exact) mass is 420 g/mol. The molecule has 0 bridgehead atoms. The lowest BCUT2D eigenvalue weighted by atomic mass is 10.1. The first kappa shape index (κ1) is 21.1. The molecule has 4 aromatic rings. The maximum absolute atomic E-state index is 13.5. The van der Waals surface area contributed by atoms with Gasteiger partial charge in [0.25, 0.3) is 5.56 Å². The molecule has 162 valence electrons. The summed E-state index contributed by atoms with van der Waals surface area (Å²) in [6, 6.07) is 14.0. The van der Waals surface area contributed by atoms with E-state index in [2.05, 4.69) is 11.9 Å². The third kappa shape index (κ3) is 3.81. The van der Waals surface area contributed by atoms with Crippen LogP contribution in [0.5, 0.6) is 0 Å². The second-order valence-electron chi connectivity index (χ2n) is 7.87. The zero-order chi connectivity index (χ0) is 22.0. The van der Waals surface area contributed by atoms with E-state index in [9.17, 15) is 14.7 Å². The van der Waals surface area contributed by atoms with Crippen LogP contribution in [0.25, 0.3) is 21.9 Å². The van der Waals surface area contributed by atoms with Crippen molar-refractivity contribution in [3.05, 3.63) is 74.7 Å². The van der Waals surface area contributed by atoms with Gasteiger partial charge < -0.3 is 9.67 Å². The highest BCUT2D eigenvalue weighted by atomic mass is 16.3. The lowest BCUT2D eigenvalue weighted by Gasteiger charge is -2.13. The van der Waals surface area contributed by atoms with Gasteiger partial charge in [-0.3, -0.25) is 13.9 Å². The van der Waals surface area contributed by atoms with Crippen LogP contribution in [0, 0.1) is 0 Å². The highest BCUT2D eigenvalue weighted by Crippen LogP contribution is 2.17. The third-order valence-electron chi connectivity index (χ3n) is 5.67. The molecule has 2 aromatic carbocycles. The van der Waals surface area contributed by atoms with Crippen LogP contribution in [0.15, 0.2) is 52.1 Å². The number of aliphatic hydroxyl groups is 1. The summed E-state index contributed by atoms with van der Waals surface area (Å²) >= 11 is 0. The zero-order valence-corrected chi connectivity index (χ0v) is 18.0. The van der Waals surface area contributed by atoms with Crippen LogP contribution in [-0.4, -0.2) is 23.8 Å². The number of imidazole rings is 1. The number of rotatable bonds is 8. The van der Waals surface area contributed by atoms with E-state index in [4.69, 9.17) is 0 Å². The van der Waals surface area contributed by atoms with Crippen molar-refractivity contribution in [3.63, 3.8) is 0 Å². The predicted octanol–water partition coefficient (Wildman–Crippen LogP) is 3.26. The standard InChI is InChI=1S/C24H28N4O3/c1-3-5-13-27-22-21(26(12-4-2)20(16-29)25-22)23(30)28(24(27)31)15-17-10-11-18-8-6-7-9-19(18)14-17/h6-11,14,29H,3-5,12-13,15-16H2,1-2H3. The van der Waals surface area contributed by atoms with E-state index < -0.39 is 0 Å². The fourth-order valence-electron chi connectivity index (χ4n) is 4.10. The van der Waals surface area contributed by atoms with Gasteiger partial charge in [0.15, 0.2) is 11.2 Å². The molecule has 2 heterocycles. The summed E-state index contributed by atoms with van der Waals surface area (Å²) in [6.45, 7) is 5.02. The first-order chi connectivity index (χ1) is 15.1. The number of aryl methyl sites for hydroxylation is 2. The number of hydrogen-bond acceptors (Lipinski definition) is 4. The van der Waals surface area contributed by atoms with Crippen molar-refractivity contribution in [3.8, 4) is 0 Å². The van der Waals surface area contributed by atoms with Gasteiger partial charge in [-0.1, -0.05) is 56.7 Å². The van der Waals surface area contributed by atoms with Gasteiger partial charge in [-0.15, -0.1) is 0 Å². The number of hydrogen-bond donors (Lipinski definition) is 1. The molecule has 2 aromatic heterocycles. The average Bonchev–Trinajstić information content (AvgIpc) is 3.15. The topological polar surface area (TPSA) is 82.1 Å². The van der Waals surface area contributed by atoms with Crippen LogP contribution in [0.4, 0.5) is 0 Å². The molecule has 0 saturated carbocycles. The van der Waals surface area contributed by atoms with Gasteiger partial charge in [-0.25, -0.2) is 9.78 Å². The quantitative estimate of drug-likeness (QED) is 0.474. The Morgan fingerprint density at radius 2 is 1.68 bits per heavy atom. The third-order valence-corrected chi connectivity index (χ3v) is 5.67. The average molecular weight is 421 g/mol. The molecule has 0 unspecified atom stereocenters. The molecular weight excluding hydrogens is 392 g/mol. The molecule has 0 saturated heterocycles. The molecule has 7 nitrogen and oxygen atoms in total. The second kappa shape index (κ2) is 8.89. The Morgan fingerprint density at radius 1 is 0.903 bits per heavy atom. The molecule has 0 spiro atoms. The maximum Gasteiger partial charge on any atom is 0.333 e. The summed E-state index contributed by atoms with van der Waals surface area (Å²) in [5.74, 6) is 0.419. The maximum atomic E-state index is 13.5. The molecule has 1 N–H and O–H groups in total. The smallest absolute Gasteiger partial charge is 0.333 e. The Balaban J connectivity index is 1.93. The van der Waals surface area contributed by atoms with Crippen molar-refractivity contribution >= 4 is 21.9 Å². The highest BCUT2D eigenvalue weighted by Gasteiger charge is 2.21. The number of benzene rings is 2. The second-order valence-corrected chi connectivity index (χ2v) is 7.87. The Labute approximate surface area is 180 Å². The van der Waals surface area contributed by atoms with E-state index in [0.717, 1.165) is 35.6 Å². The van der Waals surface area contributed by atoms with Gasteiger partial charge in [0.1, 0.15) is 12.4 Å². The lowest BCUT2D eigenvalue weighted by Crippen LogP contribution is -2.41. The Kier molecular flexibility index (Phi) is 6.04.